The second kappa shape index (κ2) is 6.09. The van der Waals surface area contributed by atoms with Gasteiger partial charge in [0.2, 0.25) is 0 Å². The first-order valence-electron chi connectivity index (χ1n) is 9.05. The molecular weight excluding hydrogens is 324 g/mol. The van der Waals surface area contributed by atoms with Gasteiger partial charge in [0.15, 0.2) is 0 Å². The molecule has 1 aliphatic heterocycles. The standard InChI is InChI=1S/C19H28O6/c1-8(2)17(22)25-12-7-13(20)19(5)15(12)9(3)6-11-14(16(19)21)10(4)18(23)24-11/h8-9,11-16,20-21H,4,6-7H2,1-3,5H3/t9-,11-,12+,13-,14-,15-,16+,19-/m1/s1. The van der Waals surface area contributed by atoms with Gasteiger partial charge in [-0.05, 0) is 12.3 Å². The van der Waals surface area contributed by atoms with Crippen molar-refractivity contribution in [3.05, 3.63) is 12.2 Å². The SMILES string of the molecule is C=C1C(=O)O[C@@H]2C[C@@H](C)[C@@H]3[C@@H](OC(=O)C(C)C)C[C@@H](O)[C@@]3(C)[C@@H](O)[C@H]12. The Labute approximate surface area is 148 Å². The van der Waals surface area contributed by atoms with Gasteiger partial charge in [-0.15, -0.1) is 0 Å². The number of carbonyl (C=O) groups excluding carboxylic acids is 2. The molecule has 0 bridgehead atoms. The lowest BCUT2D eigenvalue weighted by Gasteiger charge is -2.41. The highest BCUT2D eigenvalue weighted by molar-refractivity contribution is 5.91. The summed E-state index contributed by atoms with van der Waals surface area (Å²) >= 11 is 0. The molecule has 140 valence electrons. The summed E-state index contributed by atoms with van der Waals surface area (Å²) in [5, 5.41) is 21.9. The van der Waals surface area contributed by atoms with E-state index in [2.05, 4.69) is 6.58 Å². The third kappa shape index (κ3) is 2.61. The second-order valence-electron chi connectivity index (χ2n) is 8.43. The maximum Gasteiger partial charge on any atom is 0.334 e. The molecule has 25 heavy (non-hydrogen) atoms. The summed E-state index contributed by atoms with van der Waals surface area (Å²) in [4.78, 5) is 24.0. The predicted molar refractivity (Wildman–Crippen MR) is 89.2 cm³/mol. The third-order valence-electron chi connectivity index (χ3n) is 6.55. The van der Waals surface area contributed by atoms with Crippen LogP contribution in [-0.4, -0.2) is 46.6 Å². The minimum absolute atomic E-state index is 0.00969. The van der Waals surface area contributed by atoms with E-state index in [4.69, 9.17) is 9.47 Å². The molecule has 3 fully saturated rings. The van der Waals surface area contributed by atoms with E-state index in [-0.39, 0.29) is 29.3 Å². The van der Waals surface area contributed by atoms with Gasteiger partial charge in [0.1, 0.15) is 12.2 Å². The fourth-order valence-electron chi connectivity index (χ4n) is 5.16. The Morgan fingerprint density at radius 2 is 2.00 bits per heavy atom. The fraction of sp³-hybridized carbons (Fsp3) is 0.789. The van der Waals surface area contributed by atoms with Crippen LogP contribution in [0.15, 0.2) is 12.2 Å². The first-order chi connectivity index (χ1) is 11.6. The number of ether oxygens (including phenoxy) is 2. The Kier molecular flexibility index (Phi) is 4.48. The van der Waals surface area contributed by atoms with Crippen molar-refractivity contribution in [3.8, 4) is 0 Å². The van der Waals surface area contributed by atoms with Crippen LogP contribution >= 0.6 is 0 Å². The van der Waals surface area contributed by atoms with E-state index >= 15 is 0 Å². The summed E-state index contributed by atoms with van der Waals surface area (Å²) in [6.07, 6.45) is -1.87. The van der Waals surface area contributed by atoms with Crippen molar-refractivity contribution in [1.29, 1.82) is 0 Å². The van der Waals surface area contributed by atoms with Crippen LogP contribution in [0.5, 0.6) is 0 Å². The molecule has 0 radical (unpaired) electrons. The van der Waals surface area contributed by atoms with Crippen LogP contribution in [0.4, 0.5) is 0 Å². The van der Waals surface area contributed by atoms with E-state index in [9.17, 15) is 19.8 Å². The predicted octanol–water partition coefficient (Wildman–Crippen LogP) is 1.44. The monoisotopic (exact) mass is 352 g/mol. The Morgan fingerprint density at radius 3 is 2.60 bits per heavy atom. The topological polar surface area (TPSA) is 93.1 Å². The van der Waals surface area contributed by atoms with E-state index in [1.165, 1.54) is 0 Å². The van der Waals surface area contributed by atoms with Crippen molar-refractivity contribution in [2.45, 2.75) is 65.0 Å². The van der Waals surface area contributed by atoms with Crippen LogP contribution < -0.4 is 0 Å². The maximum absolute atomic E-state index is 12.1. The van der Waals surface area contributed by atoms with Gasteiger partial charge in [-0.1, -0.05) is 34.3 Å². The Balaban J connectivity index is 1.96. The van der Waals surface area contributed by atoms with Crippen LogP contribution in [0.1, 0.15) is 40.5 Å². The minimum Gasteiger partial charge on any atom is -0.462 e. The molecule has 6 nitrogen and oxygen atoms in total. The number of rotatable bonds is 2. The van der Waals surface area contributed by atoms with Gasteiger partial charge in [0, 0.05) is 23.3 Å². The molecule has 0 aromatic heterocycles. The second-order valence-corrected chi connectivity index (χ2v) is 8.43. The number of hydrogen-bond donors (Lipinski definition) is 2. The molecule has 2 aliphatic carbocycles. The number of hydrogen-bond acceptors (Lipinski definition) is 6. The Hall–Kier alpha value is -1.40. The molecule has 0 aromatic carbocycles. The molecule has 8 atom stereocenters. The zero-order valence-corrected chi connectivity index (χ0v) is 15.3. The third-order valence-corrected chi connectivity index (χ3v) is 6.55. The lowest BCUT2D eigenvalue weighted by atomic mass is 9.67. The highest BCUT2D eigenvalue weighted by Gasteiger charge is 2.64. The molecule has 6 heteroatoms. The lowest BCUT2D eigenvalue weighted by molar-refractivity contribution is -0.158. The maximum atomic E-state index is 12.1. The molecule has 0 amide bonds. The van der Waals surface area contributed by atoms with Crippen molar-refractivity contribution in [1.82, 2.24) is 0 Å². The van der Waals surface area contributed by atoms with Gasteiger partial charge in [-0.3, -0.25) is 4.79 Å². The van der Waals surface area contributed by atoms with Crippen LogP contribution in [0.3, 0.4) is 0 Å². The number of aliphatic hydroxyl groups is 2. The average molecular weight is 352 g/mol. The van der Waals surface area contributed by atoms with Crippen LogP contribution in [-0.2, 0) is 19.1 Å². The molecule has 0 aromatic rings. The van der Waals surface area contributed by atoms with E-state index in [1.54, 1.807) is 13.8 Å². The van der Waals surface area contributed by atoms with Gasteiger partial charge >= 0.3 is 11.9 Å². The minimum atomic E-state index is -0.982. The zero-order chi connectivity index (χ0) is 18.7. The normalized spacial score (nSPS) is 46.4. The number of carbonyl (C=O) groups is 2. The largest absolute Gasteiger partial charge is 0.462 e. The van der Waals surface area contributed by atoms with Gasteiger partial charge in [0.25, 0.3) is 0 Å². The molecule has 1 heterocycles. The average Bonchev–Trinajstić information content (AvgIpc) is 2.90. The quantitative estimate of drug-likeness (QED) is 0.577. The highest BCUT2D eigenvalue weighted by Crippen LogP contribution is 2.57. The summed E-state index contributed by atoms with van der Waals surface area (Å²) in [6, 6.07) is 0. The Bertz CT molecular complexity index is 599. The van der Waals surface area contributed by atoms with Crippen molar-refractivity contribution in [2.24, 2.45) is 29.1 Å². The fourth-order valence-corrected chi connectivity index (χ4v) is 5.16. The summed E-state index contributed by atoms with van der Waals surface area (Å²) in [5.74, 6) is -1.76. The first kappa shape index (κ1) is 18.4. The van der Waals surface area contributed by atoms with Gasteiger partial charge in [0.05, 0.1) is 24.0 Å². The summed E-state index contributed by atoms with van der Waals surface area (Å²) in [5.41, 5.74) is -0.626. The van der Waals surface area contributed by atoms with Crippen LogP contribution in [0.2, 0.25) is 0 Å². The lowest BCUT2D eigenvalue weighted by Crippen LogP contribution is -2.49. The number of aliphatic hydroxyl groups excluding tert-OH is 2. The van der Waals surface area contributed by atoms with Crippen molar-refractivity contribution in [2.75, 3.05) is 0 Å². The van der Waals surface area contributed by atoms with Crippen LogP contribution in [0.25, 0.3) is 0 Å². The van der Waals surface area contributed by atoms with E-state index in [0.717, 1.165) is 0 Å². The molecule has 0 unspecified atom stereocenters. The van der Waals surface area contributed by atoms with Gasteiger partial charge in [-0.25, -0.2) is 4.79 Å². The zero-order valence-electron chi connectivity index (χ0n) is 15.3. The van der Waals surface area contributed by atoms with E-state index in [0.29, 0.717) is 12.8 Å². The van der Waals surface area contributed by atoms with Crippen LogP contribution in [0, 0.1) is 29.1 Å². The number of esters is 2. The highest BCUT2D eigenvalue weighted by atomic mass is 16.6. The Morgan fingerprint density at radius 1 is 1.36 bits per heavy atom. The summed E-state index contributed by atoms with van der Waals surface area (Å²) in [6.45, 7) is 11.2. The number of fused-ring (bicyclic) bond motifs is 2. The summed E-state index contributed by atoms with van der Waals surface area (Å²) in [7, 11) is 0. The molecule has 3 aliphatic rings. The van der Waals surface area contributed by atoms with Gasteiger partial charge < -0.3 is 19.7 Å². The molecule has 0 spiro atoms. The smallest absolute Gasteiger partial charge is 0.334 e. The molecule has 2 N–H and O–H groups in total. The van der Waals surface area contributed by atoms with Crippen molar-refractivity contribution in [3.63, 3.8) is 0 Å². The first-order valence-corrected chi connectivity index (χ1v) is 9.05. The molecule has 2 saturated carbocycles. The molecule has 3 rings (SSSR count). The van der Waals surface area contributed by atoms with Crippen molar-refractivity contribution >= 4 is 11.9 Å². The summed E-state index contributed by atoms with van der Waals surface area (Å²) < 4.78 is 11.1. The van der Waals surface area contributed by atoms with E-state index < -0.39 is 41.7 Å². The van der Waals surface area contributed by atoms with Gasteiger partial charge in [-0.2, -0.15) is 0 Å². The molecular formula is C19H28O6. The molecule has 1 saturated heterocycles. The van der Waals surface area contributed by atoms with E-state index in [1.807, 2.05) is 13.8 Å². The van der Waals surface area contributed by atoms with Crippen molar-refractivity contribution < 1.29 is 29.3 Å².